The maximum absolute atomic E-state index is 13.9. The smallest absolute Gasteiger partial charge is 0.191 e. The highest BCUT2D eigenvalue weighted by molar-refractivity contribution is 14.0. The molecule has 1 aliphatic heterocycles. The summed E-state index contributed by atoms with van der Waals surface area (Å²) in [5.41, 5.74) is 0.193. The molecule has 2 unspecified atom stereocenters. The molecular formula is C20H29F2IN4. The number of halogens is 3. The van der Waals surface area contributed by atoms with Crippen molar-refractivity contribution < 1.29 is 8.78 Å². The van der Waals surface area contributed by atoms with E-state index in [1.807, 2.05) is 13.0 Å². The lowest BCUT2D eigenvalue weighted by atomic mass is 10.1. The van der Waals surface area contributed by atoms with Gasteiger partial charge in [0.15, 0.2) is 5.96 Å². The Morgan fingerprint density at radius 1 is 1.26 bits per heavy atom. The molecule has 1 saturated heterocycles. The molecule has 1 heterocycles. The summed E-state index contributed by atoms with van der Waals surface area (Å²) in [5.74, 6) is -0.305. The molecule has 2 atom stereocenters. The Balaban J connectivity index is 0.00000261. The lowest BCUT2D eigenvalue weighted by Gasteiger charge is -2.32. The maximum Gasteiger partial charge on any atom is 0.191 e. The predicted molar refractivity (Wildman–Crippen MR) is 117 cm³/mol. The number of guanidine groups is 1. The van der Waals surface area contributed by atoms with Gasteiger partial charge in [0, 0.05) is 49.7 Å². The molecule has 0 bridgehead atoms. The maximum atomic E-state index is 13.9. The van der Waals surface area contributed by atoms with E-state index >= 15 is 0 Å². The number of hydrogen-bond acceptors (Lipinski definition) is 2. The van der Waals surface area contributed by atoms with E-state index in [1.165, 1.54) is 18.2 Å². The first-order valence-corrected chi connectivity index (χ1v) is 9.47. The summed E-state index contributed by atoms with van der Waals surface area (Å²) in [6.45, 7) is 9.44. The van der Waals surface area contributed by atoms with Crippen LogP contribution in [0.1, 0.15) is 37.7 Å². The highest BCUT2D eigenvalue weighted by atomic mass is 127. The van der Waals surface area contributed by atoms with Crippen LogP contribution in [0.5, 0.6) is 0 Å². The molecule has 1 saturated carbocycles. The van der Waals surface area contributed by atoms with Crippen LogP contribution in [0.15, 0.2) is 35.8 Å². The van der Waals surface area contributed by atoms with Crippen molar-refractivity contribution in [3.05, 3.63) is 48.1 Å². The van der Waals surface area contributed by atoms with Gasteiger partial charge in [-0.05, 0) is 38.3 Å². The number of likely N-dealkylation sites (tertiary alicyclic amines) is 1. The molecule has 4 nitrogen and oxygen atoms in total. The summed E-state index contributed by atoms with van der Waals surface area (Å²) in [4.78, 5) is 6.89. The molecule has 1 aromatic rings. The molecule has 1 aromatic carbocycles. The van der Waals surface area contributed by atoms with Gasteiger partial charge in [-0.15, -0.1) is 30.6 Å². The van der Waals surface area contributed by atoms with Gasteiger partial charge in [-0.2, -0.15) is 0 Å². The lowest BCUT2D eigenvalue weighted by Crippen LogP contribution is -2.49. The van der Waals surface area contributed by atoms with Crippen molar-refractivity contribution in [1.29, 1.82) is 0 Å². The SMILES string of the molecule is C=CCN1CCC(NC(=NCC)NC2CC2c2c(F)cccc2F)CC1.I. The van der Waals surface area contributed by atoms with Crippen LogP contribution >= 0.6 is 24.0 Å². The van der Waals surface area contributed by atoms with Crippen molar-refractivity contribution in [3.63, 3.8) is 0 Å². The molecule has 1 aliphatic carbocycles. The number of benzene rings is 1. The second-order valence-corrected chi connectivity index (χ2v) is 7.06. The average molecular weight is 490 g/mol. The van der Waals surface area contributed by atoms with Gasteiger partial charge in [-0.1, -0.05) is 12.1 Å². The largest absolute Gasteiger partial charge is 0.354 e. The third-order valence-electron chi connectivity index (χ3n) is 5.12. The van der Waals surface area contributed by atoms with E-state index in [-0.39, 0.29) is 41.5 Å². The molecule has 2 aliphatic rings. The van der Waals surface area contributed by atoms with E-state index in [0.717, 1.165) is 44.9 Å². The fraction of sp³-hybridized carbons (Fsp3) is 0.550. The molecule has 7 heteroatoms. The van der Waals surface area contributed by atoms with Gasteiger partial charge < -0.3 is 10.6 Å². The third-order valence-corrected chi connectivity index (χ3v) is 5.12. The van der Waals surface area contributed by atoms with Crippen molar-refractivity contribution in [2.24, 2.45) is 4.99 Å². The summed E-state index contributed by atoms with van der Waals surface area (Å²) in [7, 11) is 0. The minimum Gasteiger partial charge on any atom is -0.354 e. The Labute approximate surface area is 177 Å². The monoisotopic (exact) mass is 490 g/mol. The Morgan fingerprint density at radius 3 is 2.52 bits per heavy atom. The molecule has 2 N–H and O–H groups in total. The van der Waals surface area contributed by atoms with Gasteiger partial charge in [-0.3, -0.25) is 9.89 Å². The van der Waals surface area contributed by atoms with Crippen molar-refractivity contribution in [1.82, 2.24) is 15.5 Å². The summed E-state index contributed by atoms with van der Waals surface area (Å²) in [6, 6.07) is 4.45. The van der Waals surface area contributed by atoms with Crippen LogP contribution in [-0.2, 0) is 0 Å². The molecule has 0 aromatic heterocycles. The molecular weight excluding hydrogens is 461 g/mol. The van der Waals surface area contributed by atoms with E-state index in [1.54, 1.807) is 0 Å². The summed E-state index contributed by atoms with van der Waals surface area (Å²) in [6.07, 6.45) is 4.76. The van der Waals surface area contributed by atoms with E-state index in [4.69, 9.17) is 0 Å². The molecule has 2 fully saturated rings. The van der Waals surface area contributed by atoms with Gasteiger partial charge in [-0.25, -0.2) is 8.78 Å². The zero-order valence-electron chi connectivity index (χ0n) is 15.8. The highest BCUT2D eigenvalue weighted by Crippen LogP contribution is 2.43. The summed E-state index contributed by atoms with van der Waals surface area (Å²) < 4.78 is 27.9. The minimum atomic E-state index is -0.462. The van der Waals surface area contributed by atoms with Gasteiger partial charge >= 0.3 is 0 Å². The first-order valence-electron chi connectivity index (χ1n) is 9.47. The quantitative estimate of drug-likeness (QED) is 0.277. The lowest BCUT2D eigenvalue weighted by molar-refractivity contribution is 0.225. The fourth-order valence-corrected chi connectivity index (χ4v) is 3.64. The minimum absolute atomic E-state index is 0. The Bertz CT molecular complexity index is 639. The van der Waals surface area contributed by atoms with Crippen LogP contribution in [0.3, 0.4) is 0 Å². The standard InChI is InChI=1S/C20H28F2N4.HI/c1-3-10-26-11-8-14(9-12-26)24-20(23-4-2)25-18-13-15(18)19-16(21)6-5-7-17(19)22;/h3,5-7,14-15,18H,1,4,8-13H2,2H3,(H2,23,24,25);1H. The van der Waals surface area contributed by atoms with E-state index in [9.17, 15) is 8.78 Å². The molecule has 0 amide bonds. The zero-order valence-corrected chi connectivity index (χ0v) is 18.1. The molecule has 0 spiro atoms. The van der Waals surface area contributed by atoms with Gasteiger partial charge in [0.25, 0.3) is 0 Å². The fourth-order valence-electron chi connectivity index (χ4n) is 3.64. The van der Waals surface area contributed by atoms with Gasteiger partial charge in [0.1, 0.15) is 11.6 Å². The number of nitrogens with one attached hydrogen (secondary N) is 2. The van der Waals surface area contributed by atoms with Crippen LogP contribution in [0.4, 0.5) is 8.78 Å². The molecule has 3 rings (SSSR count). The second kappa shape index (κ2) is 10.4. The molecule has 27 heavy (non-hydrogen) atoms. The number of hydrogen-bond donors (Lipinski definition) is 2. The van der Waals surface area contributed by atoms with Gasteiger partial charge in [0.05, 0.1) is 0 Å². The van der Waals surface area contributed by atoms with Crippen LogP contribution in [0.2, 0.25) is 0 Å². The average Bonchev–Trinajstić information content (AvgIpc) is 3.35. The first-order chi connectivity index (χ1) is 12.6. The highest BCUT2D eigenvalue weighted by Gasteiger charge is 2.42. The van der Waals surface area contributed by atoms with Gasteiger partial charge in [0.2, 0.25) is 0 Å². The second-order valence-electron chi connectivity index (χ2n) is 7.06. The Kier molecular flexibility index (Phi) is 8.47. The normalized spacial score (nSPS) is 23.4. The summed E-state index contributed by atoms with van der Waals surface area (Å²) in [5, 5.41) is 6.85. The Morgan fingerprint density at radius 2 is 1.93 bits per heavy atom. The number of piperidine rings is 1. The summed E-state index contributed by atoms with van der Waals surface area (Å²) >= 11 is 0. The molecule has 150 valence electrons. The van der Waals surface area contributed by atoms with E-state index in [2.05, 4.69) is 27.1 Å². The van der Waals surface area contributed by atoms with E-state index in [0.29, 0.717) is 12.6 Å². The zero-order chi connectivity index (χ0) is 18.5. The van der Waals surface area contributed by atoms with Crippen LogP contribution in [0, 0.1) is 11.6 Å². The van der Waals surface area contributed by atoms with Crippen LogP contribution in [-0.4, -0.2) is 49.1 Å². The first kappa shape index (κ1) is 22.1. The van der Waals surface area contributed by atoms with Crippen molar-refractivity contribution in [3.8, 4) is 0 Å². The number of aliphatic imine (C=N–C) groups is 1. The van der Waals surface area contributed by atoms with Crippen LogP contribution in [0.25, 0.3) is 0 Å². The topological polar surface area (TPSA) is 39.7 Å². The predicted octanol–water partition coefficient (Wildman–Crippen LogP) is 3.64. The van der Waals surface area contributed by atoms with Crippen LogP contribution < -0.4 is 10.6 Å². The van der Waals surface area contributed by atoms with E-state index < -0.39 is 11.6 Å². The van der Waals surface area contributed by atoms with Crippen molar-refractivity contribution >= 4 is 29.9 Å². The van der Waals surface area contributed by atoms with Crippen molar-refractivity contribution in [2.75, 3.05) is 26.2 Å². The van der Waals surface area contributed by atoms with Crippen molar-refractivity contribution in [2.45, 2.75) is 44.2 Å². The number of nitrogens with zero attached hydrogens (tertiary/aromatic N) is 2. The Hall–Kier alpha value is -1.22. The molecule has 0 radical (unpaired) electrons. The third kappa shape index (κ3) is 5.88. The number of rotatable bonds is 6.